The predicted molar refractivity (Wildman–Crippen MR) is 114 cm³/mol. The molecule has 0 bridgehead atoms. The zero-order valence-electron chi connectivity index (χ0n) is 16.9. The summed E-state index contributed by atoms with van der Waals surface area (Å²) in [5, 5.41) is 3.87. The molecule has 2 atom stereocenters. The van der Waals surface area contributed by atoms with Crippen molar-refractivity contribution in [2.75, 3.05) is 25.0 Å². The van der Waals surface area contributed by atoms with Gasteiger partial charge < -0.3 is 14.8 Å². The van der Waals surface area contributed by atoms with E-state index in [-0.39, 0.29) is 5.91 Å². The van der Waals surface area contributed by atoms with E-state index < -0.39 is 0 Å². The number of rotatable bonds is 4. The van der Waals surface area contributed by atoms with Crippen LogP contribution in [-0.2, 0) is 6.54 Å². The molecule has 0 radical (unpaired) electrons. The van der Waals surface area contributed by atoms with Gasteiger partial charge in [0.05, 0.1) is 0 Å². The second-order valence-electron chi connectivity index (χ2n) is 8.14. The van der Waals surface area contributed by atoms with Crippen molar-refractivity contribution in [1.82, 2.24) is 14.9 Å². The number of nitrogens with one attached hydrogen (secondary N) is 1. The third kappa shape index (κ3) is 3.61. The van der Waals surface area contributed by atoms with Gasteiger partial charge in [0, 0.05) is 55.7 Å². The third-order valence-corrected chi connectivity index (χ3v) is 5.64. The Labute approximate surface area is 166 Å². The zero-order valence-corrected chi connectivity index (χ0v) is 16.9. The summed E-state index contributed by atoms with van der Waals surface area (Å²) in [5.74, 6) is 1.37. The first kappa shape index (κ1) is 18.5. The lowest BCUT2D eigenvalue weighted by Crippen LogP contribution is -2.38. The summed E-state index contributed by atoms with van der Waals surface area (Å²) < 4.78 is 2.19. The lowest BCUT2D eigenvalue weighted by atomic mass is 9.91. The summed E-state index contributed by atoms with van der Waals surface area (Å²) in [4.78, 5) is 18.9. The molecule has 3 aromatic rings. The summed E-state index contributed by atoms with van der Waals surface area (Å²) >= 11 is 0. The molecule has 146 valence electrons. The van der Waals surface area contributed by atoms with E-state index in [1.54, 1.807) is 7.05 Å². The van der Waals surface area contributed by atoms with E-state index in [2.05, 4.69) is 51.9 Å². The topological polar surface area (TPSA) is 50.2 Å². The molecule has 1 aliphatic rings. The minimum Gasteiger partial charge on any atom is -0.370 e. The van der Waals surface area contributed by atoms with Gasteiger partial charge in [0.2, 0.25) is 0 Å². The fourth-order valence-corrected chi connectivity index (χ4v) is 4.44. The number of fused-ring (bicyclic) bond motifs is 1. The molecule has 5 nitrogen and oxygen atoms in total. The van der Waals surface area contributed by atoms with E-state index in [9.17, 15) is 4.79 Å². The standard InChI is InChI=1S/C23H28N4O/c1-16-12-17(2)14-27(13-16)21-8-10-25-22-20(21)9-11-26(22)15-18-4-6-19(7-5-18)23(28)24-3/h4-11,16-17H,12-15H2,1-3H3,(H,24,28). The SMILES string of the molecule is CNC(=O)c1ccc(Cn2ccc3c(N4CC(C)CC(C)C4)ccnc32)cc1. The smallest absolute Gasteiger partial charge is 0.251 e. The van der Waals surface area contributed by atoms with E-state index in [0.717, 1.165) is 30.8 Å². The van der Waals surface area contributed by atoms with Crippen LogP contribution >= 0.6 is 0 Å². The number of pyridine rings is 1. The molecule has 0 saturated carbocycles. The molecule has 28 heavy (non-hydrogen) atoms. The van der Waals surface area contributed by atoms with Gasteiger partial charge in [0.15, 0.2) is 0 Å². The van der Waals surface area contributed by atoms with Crippen LogP contribution < -0.4 is 10.2 Å². The van der Waals surface area contributed by atoms with Crippen LogP contribution in [0.1, 0.15) is 36.2 Å². The molecule has 3 heterocycles. The maximum Gasteiger partial charge on any atom is 0.251 e. The van der Waals surface area contributed by atoms with Crippen molar-refractivity contribution < 1.29 is 4.79 Å². The van der Waals surface area contributed by atoms with Crippen LogP contribution in [0.3, 0.4) is 0 Å². The minimum atomic E-state index is -0.0609. The molecular weight excluding hydrogens is 348 g/mol. The van der Waals surface area contributed by atoms with E-state index in [1.807, 2.05) is 30.5 Å². The molecule has 4 rings (SSSR count). The first-order valence-electron chi connectivity index (χ1n) is 10.0. The average molecular weight is 377 g/mol. The fourth-order valence-electron chi connectivity index (χ4n) is 4.44. The van der Waals surface area contributed by atoms with Crippen molar-refractivity contribution in [2.24, 2.45) is 11.8 Å². The van der Waals surface area contributed by atoms with Gasteiger partial charge in [0.1, 0.15) is 5.65 Å². The first-order valence-corrected chi connectivity index (χ1v) is 10.0. The largest absolute Gasteiger partial charge is 0.370 e. The molecular formula is C23H28N4O. The number of benzene rings is 1. The van der Waals surface area contributed by atoms with Gasteiger partial charge in [-0.05, 0) is 48.1 Å². The Balaban J connectivity index is 1.60. The number of hydrogen-bond acceptors (Lipinski definition) is 3. The zero-order chi connectivity index (χ0) is 19.7. The van der Waals surface area contributed by atoms with Gasteiger partial charge in [-0.25, -0.2) is 4.98 Å². The molecule has 5 heteroatoms. The number of nitrogens with zero attached hydrogens (tertiary/aromatic N) is 3. The number of hydrogen-bond donors (Lipinski definition) is 1. The highest BCUT2D eigenvalue weighted by Gasteiger charge is 2.23. The quantitative estimate of drug-likeness (QED) is 0.751. The molecule has 1 fully saturated rings. The summed E-state index contributed by atoms with van der Waals surface area (Å²) in [6.07, 6.45) is 5.34. The van der Waals surface area contributed by atoms with Crippen molar-refractivity contribution in [3.05, 3.63) is 59.9 Å². The third-order valence-electron chi connectivity index (χ3n) is 5.64. The molecule has 0 aliphatic carbocycles. The van der Waals surface area contributed by atoms with Crippen LogP contribution in [0.4, 0.5) is 5.69 Å². The Bertz CT molecular complexity index is 966. The van der Waals surface area contributed by atoms with E-state index >= 15 is 0 Å². The first-order chi connectivity index (χ1) is 13.5. The monoisotopic (exact) mass is 376 g/mol. The van der Waals surface area contributed by atoms with Crippen LogP contribution in [0.2, 0.25) is 0 Å². The van der Waals surface area contributed by atoms with Crippen molar-refractivity contribution >= 4 is 22.6 Å². The van der Waals surface area contributed by atoms with Crippen LogP contribution in [0.15, 0.2) is 48.8 Å². The van der Waals surface area contributed by atoms with Gasteiger partial charge in [-0.15, -0.1) is 0 Å². The number of amides is 1. The maximum absolute atomic E-state index is 11.7. The molecule has 1 amide bonds. The summed E-state index contributed by atoms with van der Waals surface area (Å²) in [7, 11) is 1.65. The van der Waals surface area contributed by atoms with Gasteiger partial charge >= 0.3 is 0 Å². The number of piperidine rings is 1. The molecule has 2 aromatic heterocycles. The number of aromatic nitrogens is 2. The Morgan fingerprint density at radius 2 is 1.82 bits per heavy atom. The average Bonchev–Trinajstić information content (AvgIpc) is 3.10. The van der Waals surface area contributed by atoms with Crippen LogP contribution in [0.5, 0.6) is 0 Å². The maximum atomic E-state index is 11.7. The summed E-state index contributed by atoms with van der Waals surface area (Å²) in [6.45, 7) is 7.63. The normalized spacial score (nSPS) is 19.8. The molecule has 1 N–H and O–H groups in total. The predicted octanol–water partition coefficient (Wildman–Crippen LogP) is 3.93. The minimum absolute atomic E-state index is 0.0609. The molecule has 1 aliphatic heterocycles. The fraction of sp³-hybridized carbons (Fsp3) is 0.391. The Morgan fingerprint density at radius 3 is 2.50 bits per heavy atom. The van der Waals surface area contributed by atoms with Gasteiger partial charge in [-0.2, -0.15) is 0 Å². The van der Waals surface area contributed by atoms with Crippen LogP contribution in [0.25, 0.3) is 11.0 Å². The molecule has 2 unspecified atom stereocenters. The second-order valence-corrected chi connectivity index (χ2v) is 8.14. The van der Waals surface area contributed by atoms with Gasteiger partial charge in [-0.1, -0.05) is 26.0 Å². The number of anilines is 1. The van der Waals surface area contributed by atoms with Gasteiger partial charge in [-0.3, -0.25) is 4.79 Å². The van der Waals surface area contributed by atoms with Crippen molar-refractivity contribution in [1.29, 1.82) is 0 Å². The van der Waals surface area contributed by atoms with Crippen molar-refractivity contribution in [2.45, 2.75) is 26.8 Å². The number of carbonyl (C=O) groups excluding carboxylic acids is 1. The highest BCUT2D eigenvalue weighted by Crippen LogP contribution is 2.31. The molecule has 1 saturated heterocycles. The number of carbonyl (C=O) groups is 1. The van der Waals surface area contributed by atoms with E-state index in [4.69, 9.17) is 0 Å². The lowest BCUT2D eigenvalue weighted by Gasteiger charge is -2.36. The Kier molecular flexibility index (Phi) is 5.07. The second kappa shape index (κ2) is 7.66. The molecule has 1 aromatic carbocycles. The van der Waals surface area contributed by atoms with E-state index in [0.29, 0.717) is 17.4 Å². The summed E-state index contributed by atoms with van der Waals surface area (Å²) in [6, 6.07) is 12.1. The van der Waals surface area contributed by atoms with Crippen molar-refractivity contribution in [3.63, 3.8) is 0 Å². The summed E-state index contributed by atoms with van der Waals surface area (Å²) in [5.41, 5.74) is 4.13. The highest BCUT2D eigenvalue weighted by atomic mass is 16.1. The highest BCUT2D eigenvalue weighted by molar-refractivity contribution is 5.94. The molecule has 0 spiro atoms. The Hall–Kier alpha value is -2.82. The van der Waals surface area contributed by atoms with Gasteiger partial charge in [0.25, 0.3) is 5.91 Å². The lowest BCUT2D eigenvalue weighted by molar-refractivity contribution is 0.0963. The van der Waals surface area contributed by atoms with E-state index in [1.165, 1.54) is 17.5 Å². The van der Waals surface area contributed by atoms with Crippen molar-refractivity contribution in [3.8, 4) is 0 Å². The van der Waals surface area contributed by atoms with Crippen LogP contribution in [0, 0.1) is 11.8 Å². The Morgan fingerprint density at radius 1 is 1.11 bits per heavy atom. The van der Waals surface area contributed by atoms with Crippen LogP contribution in [-0.4, -0.2) is 35.6 Å².